The molecule has 0 saturated heterocycles. The van der Waals surface area contributed by atoms with Crippen molar-refractivity contribution in [2.45, 2.75) is 0 Å². The molecule has 0 fully saturated rings. The van der Waals surface area contributed by atoms with Gasteiger partial charge in [0.25, 0.3) is 0 Å². The molecule has 0 saturated carbocycles. The lowest BCUT2D eigenvalue weighted by molar-refractivity contribution is 0.948. The summed E-state index contributed by atoms with van der Waals surface area (Å²) >= 11 is 6.06. The summed E-state index contributed by atoms with van der Waals surface area (Å²) in [5.41, 5.74) is 2.55. The number of halogens is 1. The van der Waals surface area contributed by atoms with Crippen LogP contribution in [0.25, 0.3) is 22.3 Å². The van der Waals surface area contributed by atoms with Gasteiger partial charge in [0.15, 0.2) is 0 Å². The van der Waals surface area contributed by atoms with E-state index in [-0.39, 0.29) is 0 Å². The average molecular weight is 245 g/mol. The van der Waals surface area contributed by atoms with Gasteiger partial charge in [-0.25, -0.2) is 15.0 Å². The van der Waals surface area contributed by atoms with Crippen molar-refractivity contribution in [2.75, 3.05) is 0 Å². The molecule has 0 aliphatic rings. The van der Waals surface area contributed by atoms with E-state index in [0.29, 0.717) is 10.7 Å². The normalized spacial score (nSPS) is 10.9. The number of hydrogen-bond acceptors (Lipinski definition) is 3. The lowest BCUT2D eigenvalue weighted by Gasteiger charge is -2.02. The van der Waals surface area contributed by atoms with Crippen molar-refractivity contribution in [1.29, 1.82) is 0 Å². The Labute approximate surface area is 103 Å². The van der Waals surface area contributed by atoms with Gasteiger partial charge in [-0.1, -0.05) is 11.6 Å². The molecule has 5 heteroatoms. The second-order valence-corrected chi connectivity index (χ2v) is 4.19. The molecule has 3 aromatic heterocycles. The first-order chi connectivity index (χ1) is 8.25. The molecular formula is C12H9ClN4. The van der Waals surface area contributed by atoms with Crippen LogP contribution in [-0.4, -0.2) is 19.5 Å². The number of aromatic nitrogens is 4. The summed E-state index contributed by atoms with van der Waals surface area (Å²) < 4.78 is 1.97. The van der Waals surface area contributed by atoms with Gasteiger partial charge < -0.3 is 4.57 Å². The van der Waals surface area contributed by atoms with Crippen molar-refractivity contribution in [1.82, 2.24) is 19.5 Å². The molecule has 3 aromatic rings. The van der Waals surface area contributed by atoms with Crippen LogP contribution in [0.3, 0.4) is 0 Å². The monoisotopic (exact) mass is 244 g/mol. The molecule has 0 atom stereocenters. The third-order valence-electron chi connectivity index (χ3n) is 2.65. The fourth-order valence-corrected chi connectivity index (χ4v) is 2.02. The Kier molecular flexibility index (Phi) is 2.30. The van der Waals surface area contributed by atoms with Crippen LogP contribution in [0.4, 0.5) is 0 Å². The van der Waals surface area contributed by atoms with Crippen LogP contribution in [0.1, 0.15) is 0 Å². The van der Waals surface area contributed by atoms with Crippen molar-refractivity contribution in [3.63, 3.8) is 0 Å². The molecule has 0 aromatic carbocycles. The SMILES string of the molecule is Cn1ccc2cc(-c3ncncc3Cl)cnc21. The summed E-state index contributed by atoms with van der Waals surface area (Å²) in [6.07, 6.45) is 6.81. The smallest absolute Gasteiger partial charge is 0.139 e. The van der Waals surface area contributed by atoms with E-state index in [9.17, 15) is 0 Å². The van der Waals surface area contributed by atoms with Crippen molar-refractivity contribution >= 4 is 22.6 Å². The molecule has 0 radical (unpaired) electrons. The van der Waals surface area contributed by atoms with Crippen LogP contribution in [0.2, 0.25) is 5.02 Å². The minimum Gasteiger partial charge on any atom is -0.336 e. The van der Waals surface area contributed by atoms with Crippen LogP contribution in [-0.2, 0) is 7.05 Å². The highest BCUT2D eigenvalue weighted by molar-refractivity contribution is 6.32. The van der Waals surface area contributed by atoms with Crippen LogP contribution in [0.5, 0.6) is 0 Å². The molecule has 0 unspecified atom stereocenters. The summed E-state index contributed by atoms with van der Waals surface area (Å²) in [4.78, 5) is 12.4. The first kappa shape index (κ1) is 10.2. The van der Waals surface area contributed by atoms with Crippen molar-refractivity contribution in [3.8, 4) is 11.3 Å². The molecule has 0 spiro atoms. The molecule has 0 bridgehead atoms. The minimum atomic E-state index is 0.532. The highest BCUT2D eigenvalue weighted by Crippen LogP contribution is 2.26. The van der Waals surface area contributed by atoms with Crippen LogP contribution >= 0.6 is 11.6 Å². The van der Waals surface area contributed by atoms with E-state index in [0.717, 1.165) is 16.6 Å². The molecule has 0 amide bonds. The van der Waals surface area contributed by atoms with Gasteiger partial charge in [0.1, 0.15) is 12.0 Å². The van der Waals surface area contributed by atoms with Crippen LogP contribution < -0.4 is 0 Å². The number of nitrogens with zero attached hydrogens (tertiary/aromatic N) is 4. The van der Waals surface area contributed by atoms with E-state index in [1.807, 2.05) is 29.9 Å². The van der Waals surface area contributed by atoms with E-state index < -0.39 is 0 Å². The third kappa shape index (κ3) is 1.66. The Morgan fingerprint density at radius 2 is 2.12 bits per heavy atom. The number of hydrogen-bond donors (Lipinski definition) is 0. The quantitative estimate of drug-likeness (QED) is 0.661. The number of aryl methyl sites for hydroxylation is 1. The van der Waals surface area contributed by atoms with Gasteiger partial charge in [0, 0.05) is 36.6 Å². The van der Waals surface area contributed by atoms with E-state index in [4.69, 9.17) is 11.6 Å². The van der Waals surface area contributed by atoms with E-state index in [1.165, 1.54) is 6.33 Å². The van der Waals surface area contributed by atoms with Gasteiger partial charge in [-0.2, -0.15) is 0 Å². The van der Waals surface area contributed by atoms with Crippen LogP contribution in [0, 0.1) is 0 Å². The second-order valence-electron chi connectivity index (χ2n) is 3.78. The predicted octanol–water partition coefficient (Wildman–Crippen LogP) is 2.68. The van der Waals surface area contributed by atoms with Gasteiger partial charge in [-0.15, -0.1) is 0 Å². The molecule has 0 aliphatic heterocycles. The largest absolute Gasteiger partial charge is 0.336 e. The Hall–Kier alpha value is -1.94. The fraction of sp³-hybridized carbons (Fsp3) is 0.0833. The van der Waals surface area contributed by atoms with Crippen LogP contribution in [0.15, 0.2) is 37.1 Å². The van der Waals surface area contributed by atoms with E-state index in [2.05, 4.69) is 15.0 Å². The molecule has 0 N–H and O–H groups in total. The van der Waals surface area contributed by atoms with Gasteiger partial charge in [0.2, 0.25) is 0 Å². The molecule has 0 aliphatic carbocycles. The molecule has 4 nitrogen and oxygen atoms in total. The zero-order chi connectivity index (χ0) is 11.8. The summed E-state index contributed by atoms with van der Waals surface area (Å²) in [5, 5.41) is 1.60. The topological polar surface area (TPSA) is 43.6 Å². The Bertz CT molecular complexity index is 690. The van der Waals surface area contributed by atoms with Gasteiger partial charge >= 0.3 is 0 Å². The maximum atomic E-state index is 6.06. The summed E-state index contributed by atoms with van der Waals surface area (Å²) in [6.45, 7) is 0. The van der Waals surface area contributed by atoms with Gasteiger partial charge in [-0.3, -0.25) is 0 Å². The molecule has 3 heterocycles. The Morgan fingerprint density at radius 1 is 1.24 bits per heavy atom. The number of pyridine rings is 1. The minimum absolute atomic E-state index is 0.532. The Morgan fingerprint density at radius 3 is 2.94 bits per heavy atom. The highest BCUT2D eigenvalue weighted by atomic mass is 35.5. The maximum absolute atomic E-state index is 6.06. The van der Waals surface area contributed by atoms with Gasteiger partial charge in [-0.05, 0) is 12.1 Å². The third-order valence-corrected chi connectivity index (χ3v) is 2.92. The lowest BCUT2D eigenvalue weighted by Crippen LogP contribution is -1.90. The summed E-state index contributed by atoms with van der Waals surface area (Å²) in [5.74, 6) is 0. The fourth-order valence-electron chi connectivity index (χ4n) is 1.81. The average Bonchev–Trinajstić information content (AvgIpc) is 2.71. The van der Waals surface area contributed by atoms with Crippen molar-refractivity contribution in [2.24, 2.45) is 7.05 Å². The number of fused-ring (bicyclic) bond motifs is 1. The predicted molar refractivity (Wildman–Crippen MR) is 66.8 cm³/mol. The summed E-state index contributed by atoms with van der Waals surface area (Å²) in [6, 6.07) is 4.04. The zero-order valence-corrected chi connectivity index (χ0v) is 9.89. The van der Waals surface area contributed by atoms with E-state index >= 15 is 0 Å². The van der Waals surface area contributed by atoms with Crippen molar-refractivity contribution in [3.05, 3.63) is 42.1 Å². The first-order valence-electron chi connectivity index (χ1n) is 5.12. The zero-order valence-electron chi connectivity index (χ0n) is 9.13. The first-order valence-corrected chi connectivity index (χ1v) is 5.50. The molecule has 3 rings (SSSR count). The lowest BCUT2D eigenvalue weighted by atomic mass is 10.2. The van der Waals surface area contributed by atoms with Crippen molar-refractivity contribution < 1.29 is 0 Å². The molecular weight excluding hydrogens is 236 g/mol. The van der Waals surface area contributed by atoms with E-state index in [1.54, 1.807) is 12.4 Å². The molecule has 17 heavy (non-hydrogen) atoms. The summed E-state index contributed by atoms with van der Waals surface area (Å²) in [7, 11) is 1.96. The standard InChI is InChI=1S/C12H9ClN4/c1-17-3-2-8-4-9(5-15-12(8)17)11-10(13)6-14-7-16-11/h2-7H,1H3. The second kappa shape index (κ2) is 3.82. The maximum Gasteiger partial charge on any atom is 0.139 e. The highest BCUT2D eigenvalue weighted by Gasteiger charge is 2.07. The van der Waals surface area contributed by atoms with Gasteiger partial charge in [0.05, 0.1) is 10.7 Å². The Balaban J connectivity index is 2.22. The molecule has 84 valence electrons. The number of rotatable bonds is 1.